The van der Waals surface area contributed by atoms with E-state index in [1.807, 2.05) is 0 Å². The van der Waals surface area contributed by atoms with Crippen molar-refractivity contribution in [2.24, 2.45) is 5.10 Å². The summed E-state index contributed by atoms with van der Waals surface area (Å²) in [5, 5.41) is 7.49. The first kappa shape index (κ1) is 23.6. The number of hydrogen-bond acceptors (Lipinski definition) is 8. The summed E-state index contributed by atoms with van der Waals surface area (Å²) in [7, 11) is -3.25. The van der Waals surface area contributed by atoms with Crippen LogP contribution in [0.4, 0.5) is 14.5 Å². The molecule has 3 rings (SSSR count). The summed E-state index contributed by atoms with van der Waals surface area (Å²) < 4.78 is 57.1. The van der Waals surface area contributed by atoms with Crippen LogP contribution in [-0.4, -0.2) is 67.2 Å². The van der Waals surface area contributed by atoms with Gasteiger partial charge in [-0.2, -0.15) is 13.9 Å². The molecule has 2 aliphatic heterocycles. The van der Waals surface area contributed by atoms with E-state index in [4.69, 9.17) is 4.74 Å². The molecule has 0 spiro atoms. The molecule has 2 unspecified atom stereocenters. The van der Waals surface area contributed by atoms with E-state index in [-0.39, 0.29) is 53.8 Å². The molecule has 10 nitrogen and oxygen atoms in total. The molecule has 2 atom stereocenters. The Bertz CT molecular complexity index is 1030. The van der Waals surface area contributed by atoms with Crippen molar-refractivity contribution in [1.82, 2.24) is 5.01 Å². The highest BCUT2D eigenvalue weighted by Gasteiger charge is 2.37. The second kappa shape index (κ2) is 9.59. The SMILES string of the molecule is CC(OC(=O)C1=NN(C2CCS(=O)(=O)C2)C(=O)CC1)C(=O)Nc1ccc(OC(F)F)cc1. The van der Waals surface area contributed by atoms with Gasteiger partial charge in [0.2, 0.25) is 5.91 Å². The Labute approximate surface area is 182 Å². The molecule has 2 amide bonds. The lowest BCUT2D eigenvalue weighted by atomic mass is 10.1. The second-order valence-electron chi connectivity index (χ2n) is 7.28. The topological polar surface area (TPSA) is 131 Å². The molecule has 0 aliphatic carbocycles. The van der Waals surface area contributed by atoms with E-state index in [2.05, 4.69) is 15.2 Å². The number of carbonyl (C=O) groups excluding carboxylic acids is 3. The Balaban J connectivity index is 1.58. The first-order chi connectivity index (χ1) is 15.0. The number of nitrogens with zero attached hydrogens (tertiary/aromatic N) is 2. The van der Waals surface area contributed by atoms with E-state index in [1.54, 1.807) is 0 Å². The van der Waals surface area contributed by atoms with Gasteiger partial charge in [-0.1, -0.05) is 0 Å². The summed E-state index contributed by atoms with van der Waals surface area (Å²) in [6, 6.07) is 4.53. The molecule has 1 saturated heterocycles. The van der Waals surface area contributed by atoms with Gasteiger partial charge in [-0.3, -0.25) is 9.59 Å². The minimum Gasteiger partial charge on any atom is -0.448 e. The molecule has 2 aliphatic rings. The Morgan fingerprint density at radius 3 is 2.50 bits per heavy atom. The maximum atomic E-state index is 12.4. The fourth-order valence-corrected chi connectivity index (χ4v) is 4.91. The maximum Gasteiger partial charge on any atom is 0.387 e. The van der Waals surface area contributed by atoms with E-state index in [9.17, 15) is 31.6 Å². The van der Waals surface area contributed by atoms with Crippen LogP contribution in [0.25, 0.3) is 0 Å². The average molecular weight is 473 g/mol. The highest BCUT2D eigenvalue weighted by atomic mass is 32.2. The van der Waals surface area contributed by atoms with Crippen LogP contribution in [0.15, 0.2) is 29.4 Å². The highest BCUT2D eigenvalue weighted by Crippen LogP contribution is 2.23. The minimum absolute atomic E-state index is 0.00751. The molecule has 13 heteroatoms. The first-order valence-electron chi connectivity index (χ1n) is 9.71. The first-order valence-corrected chi connectivity index (χ1v) is 11.5. The number of amides is 2. The lowest BCUT2D eigenvalue weighted by molar-refractivity contribution is -0.147. The van der Waals surface area contributed by atoms with E-state index in [0.717, 1.165) is 5.01 Å². The van der Waals surface area contributed by atoms with Crippen LogP contribution in [-0.2, 0) is 29.0 Å². The molecule has 1 aromatic rings. The molecular formula is C19H21F2N3O7S. The van der Waals surface area contributed by atoms with E-state index >= 15 is 0 Å². The smallest absolute Gasteiger partial charge is 0.387 e. The number of sulfone groups is 1. The summed E-state index contributed by atoms with van der Waals surface area (Å²) in [5.74, 6) is -2.30. The molecule has 1 fully saturated rings. The summed E-state index contributed by atoms with van der Waals surface area (Å²) >= 11 is 0. The fourth-order valence-electron chi connectivity index (χ4n) is 3.22. The van der Waals surface area contributed by atoms with Gasteiger partial charge >= 0.3 is 12.6 Å². The molecule has 2 heterocycles. The number of alkyl halides is 2. The number of carbonyl (C=O) groups is 3. The van der Waals surface area contributed by atoms with E-state index < -0.39 is 40.5 Å². The molecule has 0 bridgehead atoms. The molecule has 174 valence electrons. The fraction of sp³-hybridized carbons (Fsp3) is 0.474. The maximum absolute atomic E-state index is 12.4. The van der Waals surface area contributed by atoms with Gasteiger partial charge in [-0.05, 0) is 37.6 Å². The van der Waals surface area contributed by atoms with Crippen LogP contribution < -0.4 is 10.1 Å². The Hall–Kier alpha value is -3.09. The number of rotatable bonds is 7. The number of benzene rings is 1. The van der Waals surface area contributed by atoms with Crippen LogP contribution in [0.1, 0.15) is 26.2 Å². The largest absolute Gasteiger partial charge is 0.448 e. The lowest BCUT2D eigenvalue weighted by Crippen LogP contribution is -2.42. The van der Waals surface area contributed by atoms with Crippen molar-refractivity contribution in [2.45, 2.75) is 44.9 Å². The number of nitrogens with one attached hydrogen (secondary N) is 1. The van der Waals surface area contributed by atoms with Gasteiger partial charge in [-0.15, -0.1) is 0 Å². The quantitative estimate of drug-likeness (QED) is 0.591. The van der Waals surface area contributed by atoms with E-state index in [1.165, 1.54) is 31.2 Å². The Morgan fingerprint density at radius 2 is 1.91 bits per heavy atom. The molecule has 32 heavy (non-hydrogen) atoms. The number of anilines is 1. The van der Waals surface area contributed by atoms with Crippen molar-refractivity contribution in [3.05, 3.63) is 24.3 Å². The third-order valence-electron chi connectivity index (χ3n) is 4.85. The average Bonchev–Trinajstić information content (AvgIpc) is 3.08. The van der Waals surface area contributed by atoms with Crippen molar-refractivity contribution in [2.75, 3.05) is 16.8 Å². The summed E-state index contributed by atoms with van der Waals surface area (Å²) in [6.07, 6.45) is -1.01. The molecule has 0 saturated carbocycles. The van der Waals surface area contributed by atoms with Gasteiger partial charge in [-0.25, -0.2) is 18.2 Å². The number of halogens is 2. The van der Waals surface area contributed by atoms with Crippen molar-refractivity contribution < 1.29 is 41.1 Å². The van der Waals surface area contributed by atoms with Gasteiger partial charge < -0.3 is 14.8 Å². The molecular weight excluding hydrogens is 452 g/mol. The second-order valence-corrected chi connectivity index (χ2v) is 9.51. The van der Waals surface area contributed by atoms with E-state index in [0.29, 0.717) is 0 Å². The van der Waals surface area contributed by atoms with Gasteiger partial charge in [0.1, 0.15) is 11.5 Å². The predicted octanol–water partition coefficient (Wildman–Crippen LogP) is 1.32. The number of hydrazone groups is 1. The highest BCUT2D eigenvalue weighted by molar-refractivity contribution is 7.91. The molecule has 1 N–H and O–H groups in total. The van der Waals surface area contributed by atoms with Gasteiger partial charge in [0.25, 0.3) is 5.91 Å². The standard InChI is InChI=1S/C19H21F2N3O7S/c1-11(17(26)22-12-2-4-14(5-3-12)31-19(20)21)30-18(27)15-6-7-16(25)24(23-15)13-8-9-32(28,29)10-13/h2-5,11,13,19H,6-10H2,1H3,(H,22,26). The van der Waals surface area contributed by atoms with Crippen LogP contribution in [0.3, 0.4) is 0 Å². The molecule has 0 radical (unpaired) electrons. The Kier molecular flexibility index (Phi) is 7.06. The van der Waals surface area contributed by atoms with Crippen molar-refractivity contribution in [3.63, 3.8) is 0 Å². The van der Waals surface area contributed by atoms with Gasteiger partial charge in [0, 0.05) is 18.5 Å². The van der Waals surface area contributed by atoms with Crippen molar-refractivity contribution >= 4 is 39.0 Å². The summed E-state index contributed by atoms with van der Waals surface area (Å²) in [5.41, 5.74) is 0.191. The zero-order valence-corrected chi connectivity index (χ0v) is 17.8. The Morgan fingerprint density at radius 1 is 1.22 bits per heavy atom. The normalized spacial score (nSPS) is 21.1. The zero-order valence-electron chi connectivity index (χ0n) is 17.0. The number of ether oxygens (including phenoxy) is 2. The molecule has 1 aromatic carbocycles. The van der Waals surface area contributed by atoms with Crippen LogP contribution in [0.2, 0.25) is 0 Å². The lowest BCUT2D eigenvalue weighted by Gasteiger charge is -2.27. The van der Waals surface area contributed by atoms with Crippen LogP contribution >= 0.6 is 0 Å². The number of hydrogen-bond donors (Lipinski definition) is 1. The summed E-state index contributed by atoms with van der Waals surface area (Å²) in [4.78, 5) is 36.8. The van der Waals surface area contributed by atoms with Crippen LogP contribution in [0.5, 0.6) is 5.75 Å². The van der Waals surface area contributed by atoms with Gasteiger partial charge in [0.15, 0.2) is 15.9 Å². The zero-order chi connectivity index (χ0) is 23.5. The third kappa shape index (κ3) is 5.99. The van der Waals surface area contributed by atoms with Crippen LogP contribution in [0, 0.1) is 0 Å². The summed E-state index contributed by atoms with van der Waals surface area (Å²) in [6.45, 7) is -1.64. The molecule has 0 aromatic heterocycles. The monoisotopic (exact) mass is 473 g/mol. The van der Waals surface area contributed by atoms with Crippen molar-refractivity contribution in [1.29, 1.82) is 0 Å². The number of esters is 1. The van der Waals surface area contributed by atoms with Gasteiger partial charge in [0.05, 0.1) is 17.5 Å². The third-order valence-corrected chi connectivity index (χ3v) is 6.60. The minimum atomic E-state index is -3.25. The predicted molar refractivity (Wildman–Crippen MR) is 108 cm³/mol. The van der Waals surface area contributed by atoms with Crippen molar-refractivity contribution in [3.8, 4) is 5.75 Å².